The molecule has 0 unspecified atom stereocenters. The van der Waals surface area contributed by atoms with Crippen LogP contribution in [0.25, 0.3) is 10.4 Å². The minimum Gasteiger partial charge on any atom is -0.302 e. The summed E-state index contributed by atoms with van der Waals surface area (Å²) in [5.41, 5.74) is 3.31. The molecule has 76 valence electrons. The zero-order valence-corrected chi connectivity index (χ0v) is 8.90. The molecule has 15 heavy (non-hydrogen) atoms. The van der Waals surface area contributed by atoms with E-state index in [1.165, 1.54) is 11.1 Å². The van der Waals surface area contributed by atoms with Gasteiger partial charge in [-0.2, -0.15) is 0 Å². The van der Waals surface area contributed by atoms with Crippen molar-refractivity contribution in [3.63, 3.8) is 0 Å². The van der Waals surface area contributed by atoms with Crippen LogP contribution in [0.1, 0.15) is 12.0 Å². The smallest absolute Gasteiger partial charge is 0.187 e. The van der Waals surface area contributed by atoms with Gasteiger partial charge in [-0.1, -0.05) is 24.3 Å². The lowest BCUT2D eigenvalue weighted by atomic mass is 9.99. The van der Waals surface area contributed by atoms with Crippen LogP contribution < -0.4 is 0 Å². The average Bonchev–Trinajstić information content (AvgIpc) is 2.30. The van der Waals surface area contributed by atoms with Crippen LogP contribution in [0.3, 0.4) is 0 Å². The van der Waals surface area contributed by atoms with Gasteiger partial charge in [-0.3, -0.25) is 0 Å². The molecule has 0 spiro atoms. The Hall–Kier alpha value is -1.59. The van der Waals surface area contributed by atoms with Gasteiger partial charge >= 0.3 is 0 Å². The molecule has 0 radical (unpaired) electrons. The Balaban J connectivity index is 2.27. The van der Waals surface area contributed by atoms with Crippen molar-refractivity contribution < 1.29 is 0 Å². The highest BCUT2D eigenvalue weighted by molar-refractivity contribution is 5.69. The van der Waals surface area contributed by atoms with E-state index in [2.05, 4.69) is 28.9 Å². The van der Waals surface area contributed by atoms with Gasteiger partial charge in [0.2, 0.25) is 0 Å². The summed E-state index contributed by atoms with van der Waals surface area (Å²) < 4.78 is 0. The van der Waals surface area contributed by atoms with E-state index in [4.69, 9.17) is 6.57 Å². The Kier molecular flexibility index (Phi) is 2.84. The highest BCUT2D eigenvalue weighted by Crippen LogP contribution is 2.25. The van der Waals surface area contributed by atoms with Crippen molar-refractivity contribution in [3.8, 4) is 0 Å². The van der Waals surface area contributed by atoms with Gasteiger partial charge in [-0.05, 0) is 30.7 Å². The van der Waals surface area contributed by atoms with Crippen LogP contribution in [0.15, 0.2) is 30.3 Å². The Bertz CT molecular complexity index is 426. The van der Waals surface area contributed by atoms with E-state index in [1.807, 2.05) is 18.2 Å². The predicted octanol–water partition coefficient (Wildman–Crippen LogP) is 2.96. The number of nitrogens with zero attached hydrogens (tertiary/aromatic N) is 2. The van der Waals surface area contributed by atoms with Crippen LogP contribution >= 0.6 is 0 Å². The molecular weight excluding hydrogens is 184 g/mol. The standard InChI is InChI=1S/C13H14N2/c1-14-13-5-3-4-12(10-13)11-6-8-15(2)9-7-11/h3-6,10H,7-9H2,2H3. The lowest BCUT2D eigenvalue weighted by Gasteiger charge is -2.22. The minimum absolute atomic E-state index is 0.729. The molecule has 0 N–H and O–H groups in total. The van der Waals surface area contributed by atoms with Gasteiger partial charge in [0.1, 0.15) is 0 Å². The largest absolute Gasteiger partial charge is 0.302 e. The van der Waals surface area contributed by atoms with Crippen molar-refractivity contribution in [3.05, 3.63) is 47.3 Å². The van der Waals surface area contributed by atoms with Crippen molar-refractivity contribution in [2.45, 2.75) is 6.42 Å². The van der Waals surface area contributed by atoms with Gasteiger partial charge in [-0.15, -0.1) is 0 Å². The second-order valence-corrected chi connectivity index (χ2v) is 3.90. The molecule has 2 rings (SSSR count). The maximum Gasteiger partial charge on any atom is 0.187 e. The molecule has 0 saturated heterocycles. The van der Waals surface area contributed by atoms with Crippen LogP contribution in [-0.2, 0) is 0 Å². The fourth-order valence-corrected chi connectivity index (χ4v) is 1.81. The Morgan fingerprint density at radius 3 is 2.93 bits per heavy atom. The van der Waals surface area contributed by atoms with Crippen LogP contribution in [0.4, 0.5) is 5.69 Å². The quantitative estimate of drug-likeness (QED) is 0.629. The zero-order valence-electron chi connectivity index (χ0n) is 8.90. The molecular formula is C13H14N2. The van der Waals surface area contributed by atoms with E-state index in [9.17, 15) is 0 Å². The molecule has 0 atom stereocenters. The van der Waals surface area contributed by atoms with Gasteiger partial charge in [0.25, 0.3) is 0 Å². The van der Waals surface area contributed by atoms with Crippen LogP contribution in [0.5, 0.6) is 0 Å². The fourth-order valence-electron chi connectivity index (χ4n) is 1.81. The third-order valence-electron chi connectivity index (χ3n) is 2.76. The molecule has 1 aromatic rings. The molecule has 1 heterocycles. The summed E-state index contributed by atoms with van der Waals surface area (Å²) >= 11 is 0. The Labute approximate surface area is 90.7 Å². The van der Waals surface area contributed by atoms with Crippen molar-refractivity contribution in [1.29, 1.82) is 0 Å². The van der Waals surface area contributed by atoms with Crippen LogP contribution in [0, 0.1) is 6.57 Å². The zero-order chi connectivity index (χ0) is 10.7. The van der Waals surface area contributed by atoms with Gasteiger partial charge in [0.05, 0.1) is 6.57 Å². The van der Waals surface area contributed by atoms with E-state index < -0.39 is 0 Å². The molecule has 1 aliphatic rings. The predicted molar refractivity (Wildman–Crippen MR) is 62.8 cm³/mol. The second-order valence-electron chi connectivity index (χ2n) is 3.90. The third kappa shape index (κ3) is 2.26. The monoisotopic (exact) mass is 198 g/mol. The highest BCUT2D eigenvalue weighted by Gasteiger charge is 2.09. The summed E-state index contributed by atoms with van der Waals surface area (Å²) in [4.78, 5) is 5.75. The molecule has 0 aromatic heterocycles. The van der Waals surface area contributed by atoms with E-state index in [1.54, 1.807) is 0 Å². The maximum atomic E-state index is 6.98. The highest BCUT2D eigenvalue weighted by atomic mass is 15.1. The summed E-state index contributed by atoms with van der Waals surface area (Å²) in [6, 6.07) is 7.88. The minimum atomic E-state index is 0.729. The maximum absolute atomic E-state index is 6.98. The first-order valence-electron chi connectivity index (χ1n) is 5.15. The lowest BCUT2D eigenvalue weighted by molar-refractivity contribution is 0.370. The van der Waals surface area contributed by atoms with Crippen LogP contribution in [-0.4, -0.2) is 25.0 Å². The first-order valence-corrected chi connectivity index (χ1v) is 5.15. The Morgan fingerprint density at radius 1 is 1.40 bits per heavy atom. The van der Waals surface area contributed by atoms with Gasteiger partial charge in [-0.25, -0.2) is 4.85 Å². The first kappa shape index (κ1) is 9.95. The number of rotatable bonds is 1. The normalized spacial score (nSPS) is 16.9. The van der Waals surface area contributed by atoms with Gasteiger partial charge in [0.15, 0.2) is 5.69 Å². The Morgan fingerprint density at radius 2 is 2.27 bits per heavy atom. The van der Waals surface area contributed by atoms with Gasteiger partial charge in [0, 0.05) is 13.1 Å². The third-order valence-corrected chi connectivity index (χ3v) is 2.76. The SMILES string of the molecule is [C-]#[N+]c1cccc(C2=CCN(C)CC2)c1. The molecule has 0 bridgehead atoms. The van der Waals surface area contributed by atoms with E-state index in [-0.39, 0.29) is 0 Å². The summed E-state index contributed by atoms with van der Waals surface area (Å²) in [6.07, 6.45) is 3.34. The number of likely N-dealkylation sites (N-methyl/N-ethyl adjacent to an activating group) is 1. The molecule has 0 amide bonds. The van der Waals surface area contributed by atoms with Gasteiger partial charge < -0.3 is 4.90 Å². The van der Waals surface area contributed by atoms with Crippen molar-refractivity contribution in [2.24, 2.45) is 0 Å². The molecule has 1 aliphatic heterocycles. The summed E-state index contributed by atoms with van der Waals surface area (Å²) in [5, 5.41) is 0. The molecule has 0 saturated carbocycles. The van der Waals surface area contributed by atoms with Crippen molar-refractivity contribution in [2.75, 3.05) is 20.1 Å². The van der Waals surface area contributed by atoms with Crippen molar-refractivity contribution >= 4 is 11.3 Å². The first-order chi connectivity index (χ1) is 7.29. The lowest BCUT2D eigenvalue weighted by Crippen LogP contribution is -2.23. The fraction of sp³-hybridized carbons (Fsp3) is 0.308. The second kappa shape index (κ2) is 4.29. The van der Waals surface area contributed by atoms with E-state index in [0.29, 0.717) is 0 Å². The topological polar surface area (TPSA) is 7.60 Å². The summed E-state index contributed by atoms with van der Waals surface area (Å²) in [6.45, 7) is 9.10. The average molecular weight is 198 g/mol. The van der Waals surface area contributed by atoms with E-state index in [0.717, 1.165) is 25.2 Å². The molecule has 2 heteroatoms. The summed E-state index contributed by atoms with van der Waals surface area (Å²) in [5.74, 6) is 0. The molecule has 0 aliphatic carbocycles. The number of benzene rings is 1. The van der Waals surface area contributed by atoms with Crippen LogP contribution in [0.2, 0.25) is 0 Å². The molecule has 2 nitrogen and oxygen atoms in total. The molecule has 0 fully saturated rings. The van der Waals surface area contributed by atoms with Crippen molar-refractivity contribution in [1.82, 2.24) is 4.90 Å². The number of hydrogen-bond donors (Lipinski definition) is 0. The number of hydrogen-bond acceptors (Lipinski definition) is 1. The van der Waals surface area contributed by atoms with E-state index >= 15 is 0 Å². The summed E-state index contributed by atoms with van der Waals surface area (Å²) in [7, 11) is 2.13. The molecule has 1 aromatic carbocycles.